The summed E-state index contributed by atoms with van der Waals surface area (Å²) in [6.45, 7) is 6.10. The van der Waals surface area contributed by atoms with E-state index in [0.717, 1.165) is 29.3 Å². The minimum Gasteiger partial charge on any atom is -0.481 e. The van der Waals surface area contributed by atoms with Gasteiger partial charge in [-0.1, -0.05) is 13.8 Å². The average molecular weight is 312 g/mol. The van der Waals surface area contributed by atoms with Crippen LogP contribution in [-0.4, -0.2) is 29.2 Å². The van der Waals surface area contributed by atoms with E-state index in [4.69, 9.17) is 4.74 Å². The van der Waals surface area contributed by atoms with Gasteiger partial charge in [-0.25, -0.2) is 4.98 Å². The van der Waals surface area contributed by atoms with Gasteiger partial charge in [0.05, 0.1) is 5.92 Å². The van der Waals surface area contributed by atoms with E-state index in [-0.39, 0.29) is 12.0 Å². The summed E-state index contributed by atoms with van der Waals surface area (Å²) < 4.78 is 5.62. The molecule has 2 N–H and O–H groups in total. The molecule has 0 bridgehead atoms. The van der Waals surface area contributed by atoms with Gasteiger partial charge in [0.1, 0.15) is 11.1 Å². The molecule has 6 heteroatoms. The number of thiazole rings is 1. The zero-order chi connectivity index (χ0) is 15.2. The Balaban J connectivity index is 1.78. The van der Waals surface area contributed by atoms with E-state index >= 15 is 0 Å². The number of rotatable bonds is 8. The van der Waals surface area contributed by atoms with Crippen molar-refractivity contribution in [2.45, 2.75) is 45.8 Å². The number of aromatic nitrogens is 1. The van der Waals surface area contributed by atoms with Gasteiger partial charge in [-0.15, -0.1) is 11.3 Å². The quantitative estimate of drug-likeness (QED) is 0.772. The molecule has 0 spiro atoms. The van der Waals surface area contributed by atoms with Gasteiger partial charge in [0.2, 0.25) is 0 Å². The van der Waals surface area contributed by atoms with E-state index in [9.17, 15) is 9.90 Å². The average Bonchev–Trinajstić information content (AvgIpc) is 3.07. The zero-order valence-corrected chi connectivity index (χ0v) is 13.5. The van der Waals surface area contributed by atoms with E-state index in [1.165, 1.54) is 0 Å². The SMILES string of the molecule is CC(C)CC(CNCc1cnc(C2CCCO2)s1)C(=O)O. The lowest BCUT2D eigenvalue weighted by atomic mass is 9.97. The van der Waals surface area contributed by atoms with Gasteiger partial charge in [-0.3, -0.25) is 4.79 Å². The molecular formula is C15H24N2O3S. The highest BCUT2D eigenvalue weighted by molar-refractivity contribution is 7.11. The van der Waals surface area contributed by atoms with Crippen LogP contribution in [0, 0.1) is 11.8 Å². The Kier molecular flexibility index (Phi) is 6.14. The fourth-order valence-corrected chi connectivity index (χ4v) is 3.51. The third-order valence-corrected chi connectivity index (χ3v) is 4.66. The lowest BCUT2D eigenvalue weighted by molar-refractivity contribution is -0.142. The van der Waals surface area contributed by atoms with Crippen LogP contribution in [0.15, 0.2) is 6.20 Å². The Morgan fingerprint density at radius 2 is 2.43 bits per heavy atom. The standard InChI is InChI=1S/C15H24N2O3S/c1-10(2)6-11(15(18)19)7-16-8-12-9-17-14(21-12)13-4-3-5-20-13/h9-11,13,16H,3-8H2,1-2H3,(H,18,19). The van der Waals surface area contributed by atoms with Crippen molar-refractivity contribution in [1.82, 2.24) is 10.3 Å². The smallest absolute Gasteiger partial charge is 0.307 e. The topological polar surface area (TPSA) is 71.5 Å². The molecule has 118 valence electrons. The van der Waals surface area contributed by atoms with Gasteiger partial charge in [0.25, 0.3) is 0 Å². The molecule has 1 aliphatic rings. The van der Waals surface area contributed by atoms with Crippen molar-refractivity contribution in [3.63, 3.8) is 0 Å². The zero-order valence-electron chi connectivity index (χ0n) is 12.7. The first-order chi connectivity index (χ1) is 10.1. The molecule has 2 rings (SSSR count). The van der Waals surface area contributed by atoms with Gasteiger partial charge in [-0.2, -0.15) is 0 Å². The summed E-state index contributed by atoms with van der Waals surface area (Å²) in [5.41, 5.74) is 0. The molecular weight excluding hydrogens is 288 g/mol. The van der Waals surface area contributed by atoms with Gasteiger partial charge in [-0.05, 0) is 25.2 Å². The fourth-order valence-electron chi connectivity index (χ4n) is 2.54. The number of carbonyl (C=O) groups is 1. The number of nitrogens with zero attached hydrogens (tertiary/aromatic N) is 1. The summed E-state index contributed by atoms with van der Waals surface area (Å²) in [6, 6.07) is 0. The van der Waals surface area contributed by atoms with Gasteiger partial charge in [0, 0.05) is 30.8 Å². The molecule has 1 aliphatic heterocycles. The predicted octanol–water partition coefficient (Wildman–Crippen LogP) is 2.83. The number of ether oxygens (including phenoxy) is 1. The highest BCUT2D eigenvalue weighted by Crippen LogP contribution is 2.31. The summed E-state index contributed by atoms with van der Waals surface area (Å²) in [5.74, 6) is -0.654. The molecule has 2 unspecified atom stereocenters. The van der Waals surface area contributed by atoms with Crippen LogP contribution in [0.1, 0.15) is 49.1 Å². The van der Waals surface area contributed by atoms with E-state index in [0.29, 0.717) is 25.4 Å². The molecule has 5 nitrogen and oxygen atoms in total. The Labute approximate surface area is 129 Å². The molecule has 0 radical (unpaired) electrons. The number of carboxylic acid groups (broad SMARTS) is 1. The van der Waals surface area contributed by atoms with E-state index < -0.39 is 5.97 Å². The molecule has 1 saturated heterocycles. The third-order valence-electron chi connectivity index (χ3n) is 3.57. The number of nitrogens with one attached hydrogen (secondary N) is 1. The monoisotopic (exact) mass is 312 g/mol. The molecule has 1 aromatic heterocycles. The number of hydrogen-bond acceptors (Lipinski definition) is 5. The van der Waals surface area contributed by atoms with Crippen molar-refractivity contribution in [2.75, 3.05) is 13.2 Å². The van der Waals surface area contributed by atoms with Crippen molar-refractivity contribution in [1.29, 1.82) is 0 Å². The van der Waals surface area contributed by atoms with E-state index in [2.05, 4.69) is 10.3 Å². The molecule has 2 heterocycles. The number of aliphatic carboxylic acids is 1. The van der Waals surface area contributed by atoms with Crippen LogP contribution in [-0.2, 0) is 16.1 Å². The molecule has 21 heavy (non-hydrogen) atoms. The lowest BCUT2D eigenvalue weighted by Crippen LogP contribution is -2.29. The van der Waals surface area contributed by atoms with Crippen LogP contribution in [0.5, 0.6) is 0 Å². The van der Waals surface area contributed by atoms with Crippen molar-refractivity contribution in [3.8, 4) is 0 Å². The Morgan fingerprint density at radius 1 is 1.62 bits per heavy atom. The molecule has 1 fully saturated rings. The van der Waals surface area contributed by atoms with Crippen molar-refractivity contribution < 1.29 is 14.6 Å². The maximum Gasteiger partial charge on any atom is 0.307 e. The molecule has 1 aromatic rings. The van der Waals surface area contributed by atoms with E-state index in [1.54, 1.807) is 11.3 Å². The second kappa shape index (κ2) is 7.87. The fraction of sp³-hybridized carbons (Fsp3) is 0.733. The van der Waals surface area contributed by atoms with Gasteiger partial charge < -0.3 is 15.2 Å². The first-order valence-corrected chi connectivity index (χ1v) is 8.37. The Morgan fingerprint density at radius 3 is 3.05 bits per heavy atom. The third kappa shape index (κ3) is 5.05. The van der Waals surface area contributed by atoms with Crippen LogP contribution >= 0.6 is 11.3 Å². The predicted molar refractivity (Wildman–Crippen MR) is 82.3 cm³/mol. The van der Waals surface area contributed by atoms with Crippen molar-refractivity contribution in [3.05, 3.63) is 16.1 Å². The largest absolute Gasteiger partial charge is 0.481 e. The summed E-state index contributed by atoms with van der Waals surface area (Å²) in [4.78, 5) is 16.7. The maximum atomic E-state index is 11.2. The van der Waals surface area contributed by atoms with Crippen LogP contribution in [0.25, 0.3) is 0 Å². The van der Waals surface area contributed by atoms with Gasteiger partial charge in [0.15, 0.2) is 0 Å². The summed E-state index contributed by atoms with van der Waals surface area (Å²) in [7, 11) is 0. The molecule has 2 atom stereocenters. The maximum absolute atomic E-state index is 11.2. The summed E-state index contributed by atoms with van der Waals surface area (Å²) in [6.07, 6.45) is 4.89. The highest BCUT2D eigenvalue weighted by Gasteiger charge is 2.21. The number of hydrogen-bond donors (Lipinski definition) is 2. The second-order valence-electron chi connectivity index (χ2n) is 5.96. The second-order valence-corrected chi connectivity index (χ2v) is 7.11. The molecule has 0 aromatic carbocycles. The van der Waals surface area contributed by atoms with Crippen LogP contribution in [0.2, 0.25) is 0 Å². The molecule has 0 aliphatic carbocycles. The minimum atomic E-state index is -0.722. The van der Waals surface area contributed by atoms with Crippen LogP contribution in [0.4, 0.5) is 0 Å². The molecule has 0 saturated carbocycles. The summed E-state index contributed by atoms with van der Waals surface area (Å²) in [5, 5.41) is 13.5. The van der Waals surface area contributed by atoms with Crippen LogP contribution < -0.4 is 5.32 Å². The normalized spacial score (nSPS) is 20.0. The van der Waals surface area contributed by atoms with Crippen molar-refractivity contribution >= 4 is 17.3 Å². The van der Waals surface area contributed by atoms with Gasteiger partial charge >= 0.3 is 5.97 Å². The van der Waals surface area contributed by atoms with Crippen molar-refractivity contribution in [2.24, 2.45) is 11.8 Å². The summed E-state index contributed by atoms with van der Waals surface area (Å²) >= 11 is 1.66. The Hall–Kier alpha value is -0.980. The van der Waals surface area contributed by atoms with E-state index in [1.807, 2.05) is 20.0 Å². The lowest BCUT2D eigenvalue weighted by Gasteiger charge is -2.14. The first-order valence-electron chi connectivity index (χ1n) is 7.56. The highest BCUT2D eigenvalue weighted by atomic mass is 32.1. The Bertz CT molecular complexity index is 456. The van der Waals surface area contributed by atoms with Crippen LogP contribution in [0.3, 0.4) is 0 Å². The first kappa shape index (κ1) is 16.4. The minimum absolute atomic E-state index is 0.163. The number of carboxylic acids is 1. The molecule has 0 amide bonds.